The number of nitrogens with two attached hydrogens (primary N) is 1. The van der Waals surface area contributed by atoms with E-state index >= 15 is 0 Å². The molecule has 25 heavy (non-hydrogen) atoms. The second-order valence-corrected chi connectivity index (χ2v) is 7.21. The third-order valence-electron chi connectivity index (χ3n) is 3.44. The maximum absolute atomic E-state index is 13.3. The van der Waals surface area contributed by atoms with Crippen LogP contribution in [0.4, 0.5) is 24.5 Å². The van der Waals surface area contributed by atoms with Crippen molar-refractivity contribution in [2.24, 2.45) is 0 Å². The van der Waals surface area contributed by atoms with Gasteiger partial charge in [0.05, 0.1) is 11.3 Å². The molecule has 3 N–H and O–H groups in total. The molecule has 3 rings (SSSR count). The number of hydrogen-bond acceptors (Lipinski definition) is 4. The van der Waals surface area contributed by atoms with E-state index in [4.69, 9.17) is 5.73 Å². The van der Waals surface area contributed by atoms with Crippen molar-refractivity contribution in [3.05, 3.63) is 50.9 Å². The molecule has 0 spiro atoms. The average molecular weight is 430 g/mol. The van der Waals surface area contributed by atoms with Crippen LogP contribution in [-0.4, -0.2) is 10.9 Å². The number of hydrogen-bond donors (Lipinski definition) is 2. The number of nitrogen functional groups attached to an aromatic ring is 1. The van der Waals surface area contributed by atoms with Crippen molar-refractivity contribution in [1.82, 2.24) is 4.98 Å². The van der Waals surface area contributed by atoms with Crippen molar-refractivity contribution in [2.45, 2.75) is 13.1 Å². The molecule has 0 aliphatic rings. The standard InChI is InChI=1S/C16H11BrF3N3OS/c1-7-6-10(16(18,19)20)11-12(21)13(25-15(11)22-7)14(24)23-9-4-2-8(17)3-5-9/h2-6H,21H2,1H3,(H,23,24). The lowest BCUT2D eigenvalue weighted by molar-refractivity contribution is -0.136. The molecule has 0 unspecified atom stereocenters. The SMILES string of the molecule is Cc1cc(C(F)(F)F)c2c(N)c(C(=O)Nc3ccc(Br)cc3)sc2n1. The highest BCUT2D eigenvalue weighted by Gasteiger charge is 2.35. The van der Waals surface area contributed by atoms with Crippen LogP contribution < -0.4 is 11.1 Å². The van der Waals surface area contributed by atoms with Crippen LogP contribution in [0.25, 0.3) is 10.2 Å². The van der Waals surface area contributed by atoms with Crippen molar-refractivity contribution in [1.29, 1.82) is 0 Å². The summed E-state index contributed by atoms with van der Waals surface area (Å²) >= 11 is 4.12. The Morgan fingerprint density at radius 1 is 1.28 bits per heavy atom. The summed E-state index contributed by atoms with van der Waals surface area (Å²) in [7, 11) is 0. The summed E-state index contributed by atoms with van der Waals surface area (Å²) in [5.74, 6) is -0.575. The number of pyridine rings is 1. The zero-order valence-electron chi connectivity index (χ0n) is 12.7. The first-order valence-corrected chi connectivity index (χ1v) is 8.61. The van der Waals surface area contributed by atoms with Gasteiger partial charge in [-0.05, 0) is 37.3 Å². The van der Waals surface area contributed by atoms with Gasteiger partial charge >= 0.3 is 6.18 Å². The second-order valence-electron chi connectivity index (χ2n) is 5.29. The first-order valence-electron chi connectivity index (χ1n) is 7.00. The minimum Gasteiger partial charge on any atom is -0.397 e. The van der Waals surface area contributed by atoms with Crippen molar-refractivity contribution in [3.8, 4) is 0 Å². The summed E-state index contributed by atoms with van der Waals surface area (Å²) in [6.07, 6.45) is -4.58. The fraction of sp³-hybridized carbons (Fsp3) is 0.125. The Kier molecular flexibility index (Phi) is 4.46. The minimum absolute atomic E-state index is 0.00141. The Labute approximate surface area is 153 Å². The monoisotopic (exact) mass is 429 g/mol. The maximum Gasteiger partial charge on any atom is 0.417 e. The van der Waals surface area contributed by atoms with E-state index < -0.39 is 17.6 Å². The van der Waals surface area contributed by atoms with E-state index in [9.17, 15) is 18.0 Å². The lowest BCUT2D eigenvalue weighted by Crippen LogP contribution is -2.12. The van der Waals surface area contributed by atoms with E-state index in [1.54, 1.807) is 24.3 Å². The van der Waals surface area contributed by atoms with Gasteiger partial charge in [-0.1, -0.05) is 15.9 Å². The number of nitrogens with one attached hydrogen (secondary N) is 1. The van der Waals surface area contributed by atoms with Crippen LogP contribution >= 0.6 is 27.3 Å². The van der Waals surface area contributed by atoms with E-state index in [2.05, 4.69) is 26.2 Å². The van der Waals surface area contributed by atoms with Gasteiger partial charge in [-0.2, -0.15) is 13.2 Å². The molecule has 1 aromatic carbocycles. The number of carbonyl (C=O) groups excluding carboxylic acids is 1. The normalized spacial score (nSPS) is 11.7. The van der Waals surface area contributed by atoms with E-state index in [1.807, 2.05) is 0 Å². The summed E-state index contributed by atoms with van der Waals surface area (Å²) in [6.45, 7) is 1.46. The number of rotatable bonds is 2. The first kappa shape index (κ1) is 17.7. The molecule has 0 radical (unpaired) electrons. The van der Waals surface area contributed by atoms with Gasteiger partial charge in [0.2, 0.25) is 0 Å². The first-order chi connectivity index (χ1) is 11.7. The molecule has 0 aliphatic carbocycles. The number of aryl methyl sites for hydroxylation is 1. The molecule has 2 aromatic heterocycles. The Morgan fingerprint density at radius 2 is 1.92 bits per heavy atom. The van der Waals surface area contributed by atoms with Crippen molar-refractivity contribution in [3.63, 3.8) is 0 Å². The number of carbonyl (C=O) groups is 1. The Hall–Kier alpha value is -2.13. The number of thiophene rings is 1. The molecule has 2 heterocycles. The van der Waals surface area contributed by atoms with Gasteiger partial charge in [0.1, 0.15) is 9.71 Å². The second kappa shape index (κ2) is 6.30. The van der Waals surface area contributed by atoms with Gasteiger partial charge < -0.3 is 11.1 Å². The fourth-order valence-corrected chi connectivity index (χ4v) is 3.68. The van der Waals surface area contributed by atoms with Gasteiger partial charge in [-0.15, -0.1) is 11.3 Å². The van der Waals surface area contributed by atoms with Gasteiger partial charge in [-0.25, -0.2) is 4.98 Å². The molecular formula is C16H11BrF3N3OS. The highest BCUT2D eigenvalue weighted by molar-refractivity contribution is 9.10. The fourth-order valence-electron chi connectivity index (χ4n) is 2.36. The molecule has 9 heteroatoms. The molecule has 0 aliphatic heterocycles. The van der Waals surface area contributed by atoms with Crippen LogP contribution in [0, 0.1) is 6.92 Å². The zero-order valence-corrected chi connectivity index (χ0v) is 15.1. The summed E-state index contributed by atoms with van der Waals surface area (Å²) < 4.78 is 40.7. The average Bonchev–Trinajstić information content (AvgIpc) is 2.84. The molecule has 0 bridgehead atoms. The molecule has 0 saturated carbocycles. The van der Waals surface area contributed by atoms with Gasteiger partial charge in [0, 0.05) is 21.2 Å². The van der Waals surface area contributed by atoms with Crippen LogP contribution in [0.1, 0.15) is 20.9 Å². The Bertz CT molecular complexity index is 967. The van der Waals surface area contributed by atoms with E-state index in [-0.39, 0.29) is 26.5 Å². The zero-order chi connectivity index (χ0) is 18.4. The molecule has 0 saturated heterocycles. The van der Waals surface area contributed by atoms with Crippen molar-refractivity contribution >= 4 is 54.8 Å². The van der Waals surface area contributed by atoms with Crippen molar-refractivity contribution in [2.75, 3.05) is 11.1 Å². The molecule has 130 valence electrons. The Morgan fingerprint density at radius 3 is 2.52 bits per heavy atom. The third kappa shape index (κ3) is 3.47. The number of aromatic nitrogens is 1. The summed E-state index contributed by atoms with van der Waals surface area (Å²) in [5.41, 5.74) is 5.48. The number of alkyl halides is 3. The predicted octanol–water partition coefficient (Wildman–Crippen LogP) is 5.22. The van der Waals surface area contributed by atoms with E-state index in [0.29, 0.717) is 5.69 Å². The predicted molar refractivity (Wildman–Crippen MR) is 95.9 cm³/mol. The molecule has 3 aromatic rings. The number of fused-ring (bicyclic) bond motifs is 1. The van der Waals surface area contributed by atoms with Gasteiger partial charge in [0.15, 0.2) is 0 Å². The topological polar surface area (TPSA) is 68.0 Å². The molecule has 1 amide bonds. The van der Waals surface area contributed by atoms with Crippen molar-refractivity contribution < 1.29 is 18.0 Å². The number of anilines is 2. The summed E-state index contributed by atoms with van der Waals surface area (Å²) in [6, 6.07) is 7.72. The maximum atomic E-state index is 13.3. The lowest BCUT2D eigenvalue weighted by Gasteiger charge is -2.09. The van der Waals surface area contributed by atoms with Crippen LogP contribution in [0.2, 0.25) is 0 Å². The lowest BCUT2D eigenvalue weighted by atomic mass is 10.1. The highest BCUT2D eigenvalue weighted by Crippen LogP contribution is 2.42. The van der Waals surface area contributed by atoms with Gasteiger partial charge in [-0.3, -0.25) is 4.79 Å². The molecule has 4 nitrogen and oxygen atoms in total. The van der Waals surface area contributed by atoms with E-state index in [0.717, 1.165) is 21.9 Å². The summed E-state index contributed by atoms with van der Waals surface area (Å²) in [4.78, 5) is 16.6. The quantitative estimate of drug-likeness (QED) is 0.586. The summed E-state index contributed by atoms with van der Waals surface area (Å²) in [5, 5.41) is 2.39. The number of halogens is 4. The van der Waals surface area contributed by atoms with Crippen LogP contribution in [-0.2, 0) is 6.18 Å². The number of nitrogens with zero attached hydrogens (tertiary/aromatic N) is 1. The number of amides is 1. The van der Waals surface area contributed by atoms with E-state index in [1.165, 1.54) is 6.92 Å². The smallest absolute Gasteiger partial charge is 0.397 e. The molecule has 0 fully saturated rings. The Balaban J connectivity index is 2.07. The largest absolute Gasteiger partial charge is 0.417 e. The van der Waals surface area contributed by atoms with Crippen LogP contribution in [0.15, 0.2) is 34.8 Å². The molecule has 0 atom stereocenters. The molecular weight excluding hydrogens is 419 g/mol. The highest BCUT2D eigenvalue weighted by atomic mass is 79.9. The minimum atomic E-state index is -4.58. The number of benzene rings is 1. The third-order valence-corrected chi connectivity index (χ3v) is 5.07. The van der Waals surface area contributed by atoms with Gasteiger partial charge in [0.25, 0.3) is 5.91 Å². The van der Waals surface area contributed by atoms with Crippen LogP contribution in [0.5, 0.6) is 0 Å². The van der Waals surface area contributed by atoms with Crippen LogP contribution in [0.3, 0.4) is 0 Å².